The molecule has 3 aromatic heterocycles. The van der Waals surface area contributed by atoms with Gasteiger partial charge in [0.2, 0.25) is 5.95 Å². The molecule has 1 aliphatic rings. The summed E-state index contributed by atoms with van der Waals surface area (Å²) in [5.74, 6) is -0.0262. The van der Waals surface area contributed by atoms with E-state index in [4.69, 9.17) is 0 Å². The molecule has 3 aromatic rings. The van der Waals surface area contributed by atoms with Gasteiger partial charge in [-0.2, -0.15) is 23.4 Å². The predicted molar refractivity (Wildman–Crippen MR) is 113 cm³/mol. The normalized spacial score (nSPS) is 18.9. The average molecular weight is 460 g/mol. The summed E-state index contributed by atoms with van der Waals surface area (Å²) in [6.07, 6.45) is 1.77. The fraction of sp³-hybridized carbons (Fsp3) is 0.429. The second-order valence-corrected chi connectivity index (χ2v) is 8.00. The first-order chi connectivity index (χ1) is 15.7. The van der Waals surface area contributed by atoms with Crippen LogP contribution in [0.25, 0.3) is 5.69 Å². The monoisotopic (exact) mass is 460 g/mol. The van der Waals surface area contributed by atoms with Crippen LogP contribution in [0, 0.1) is 12.8 Å². The highest BCUT2D eigenvalue weighted by Crippen LogP contribution is 2.29. The third-order valence-electron chi connectivity index (χ3n) is 5.67. The minimum absolute atomic E-state index is 0.0725. The molecule has 0 saturated carbocycles. The van der Waals surface area contributed by atoms with E-state index >= 15 is 0 Å². The molecule has 0 aromatic carbocycles. The first-order valence-corrected chi connectivity index (χ1v) is 10.5. The van der Waals surface area contributed by atoms with E-state index in [9.17, 15) is 18.0 Å². The number of amides is 1. The van der Waals surface area contributed by atoms with Crippen molar-refractivity contribution in [2.45, 2.75) is 38.9 Å². The number of nitrogens with zero attached hydrogens (tertiary/aromatic N) is 7. The minimum atomic E-state index is -4.50. The smallest absolute Gasteiger partial charge is 0.352 e. The average Bonchev–Trinajstić information content (AvgIpc) is 3.32. The fourth-order valence-corrected chi connectivity index (χ4v) is 3.92. The number of aryl methyl sites for hydroxylation is 1. The van der Waals surface area contributed by atoms with Crippen LogP contribution in [0.3, 0.4) is 0 Å². The van der Waals surface area contributed by atoms with Gasteiger partial charge in [-0.3, -0.25) is 4.79 Å². The Kier molecular flexibility index (Phi) is 6.25. The number of hydrogen-bond acceptors (Lipinski definition) is 7. The highest BCUT2D eigenvalue weighted by molar-refractivity contribution is 5.96. The van der Waals surface area contributed by atoms with Gasteiger partial charge in [-0.25, -0.2) is 15.0 Å². The molecule has 33 heavy (non-hydrogen) atoms. The summed E-state index contributed by atoms with van der Waals surface area (Å²) in [6, 6.07) is 3.32. The van der Waals surface area contributed by atoms with Crippen molar-refractivity contribution in [3.05, 3.63) is 53.9 Å². The molecular formula is C21H23F3N8O. The molecule has 0 spiro atoms. The molecule has 9 nitrogen and oxygen atoms in total. The van der Waals surface area contributed by atoms with E-state index in [0.717, 1.165) is 25.2 Å². The van der Waals surface area contributed by atoms with Crippen LogP contribution in [0.2, 0.25) is 0 Å². The summed E-state index contributed by atoms with van der Waals surface area (Å²) in [5.41, 5.74) is 0.496. The van der Waals surface area contributed by atoms with E-state index in [-0.39, 0.29) is 29.5 Å². The molecule has 1 aliphatic heterocycles. The number of likely N-dealkylation sites (tertiary alicyclic amines) is 1. The molecular weight excluding hydrogens is 437 g/mol. The lowest BCUT2D eigenvalue weighted by molar-refractivity contribution is -0.138. The SMILES string of the molecule is Cc1ccc(-n2nccn2)c(C(=O)N2CCC[C@@H](C)C2CNc2ncc(C(F)(F)F)cn2)n1. The Morgan fingerprint density at radius 1 is 1.18 bits per heavy atom. The second-order valence-electron chi connectivity index (χ2n) is 8.00. The Bertz CT molecular complexity index is 1100. The lowest BCUT2D eigenvalue weighted by Gasteiger charge is -2.40. The summed E-state index contributed by atoms with van der Waals surface area (Å²) < 4.78 is 38.3. The van der Waals surface area contributed by atoms with Crippen LogP contribution in [0.4, 0.5) is 19.1 Å². The van der Waals surface area contributed by atoms with Crippen molar-refractivity contribution in [1.29, 1.82) is 0 Å². The number of rotatable bonds is 5. The van der Waals surface area contributed by atoms with Crippen molar-refractivity contribution in [1.82, 2.24) is 34.8 Å². The zero-order valence-electron chi connectivity index (χ0n) is 18.1. The lowest BCUT2D eigenvalue weighted by atomic mass is 9.90. The first-order valence-electron chi connectivity index (χ1n) is 10.5. The second kappa shape index (κ2) is 9.12. The van der Waals surface area contributed by atoms with Gasteiger partial charge in [0.05, 0.1) is 24.0 Å². The van der Waals surface area contributed by atoms with Crippen molar-refractivity contribution in [2.24, 2.45) is 5.92 Å². The number of halogens is 3. The number of anilines is 1. The van der Waals surface area contributed by atoms with Gasteiger partial charge < -0.3 is 10.2 Å². The number of carbonyl (C=O) groups excluding carboxylic acids is 1. The van der Waals surface area contributed by atoms with E-state index in [1.54, 1.807) is 24.0 Å². The van der Waals surface area contributed by atoms with E-state index in [2.05, 4.69) is 30.5 Å². The van der Waals surface area contributed by atoms with Gasteiger partial charge in [-0.15, -0.1) is 4.80 Å². The van der Waals surface area contributed by atoms with Crippen LogP contribution < -0.4 is 5.32 Å². The Morgan fingerprint density at radius 2 is 1.88 bits per heavy atom. The van der Waals surface area contributed by atoms with Crippen LogP contribution in [0.1, 0.15) is 41.5 Å². The molecule has 1 N–H and O–H groups in total. The van der Waals surface area contributed by atoms with Crippen molar-refractivity contribution < 1.29 is 18.0 Å². The van der Waals surface area contributed by atoms with Crippen LogP contribution in [0.5, 0.6) is 0 Å². The number of hydrogen-bond donors (Lipinski definition) is 1. The van der Waals surface area contributed by atoms with Crippen molar-refractivity contribution in [3.8, 4) is 5.69 Å². The Hall–Kier alpha value is -3.57. The van der Waals surface area contributed by atoms with Crippen LogP contribution in [0.15, 0.2) is 36.9 Å². The zero-order chi connectivity index (χ0) is 23.6. The zero-order valence-corrected chi connectivity index (χ0v) is 18.1. The molecule has 0 bridgehead atoms. The van der Waals surface area contributed by atoms with E-state index in [1.807, 2.05) is 6.92 Å². The van der Waals surface area contributed by atoms with Gasteiger partial charge in [0.15, 0.2) is 5.69 Å². The maximum Gasteiger partial charge on any atom is 0.419 e. The fourth-order valence-electron chi connectivity index (χ4n) is 3.92. The number of carbonyl (C=O) groups is 1. The molecule has 4 rings (SSSR count). The molecule has 1 saturated heterocycles. The predicted octanol–water partition coefficient (Wildman–Crippen LogP) is 3.13. The molecule has 0 aliphatic carbocycles. The van der Waals surface area contributed by atoms with E-state index in [0.29, 0.717) is 24.5 Å². The number of piperidine rings is 1. The number of nitrogens with one attached hydrogen (secondary N) is 1. The number of pyridine rings is 1. The van der Waals surface area contributed by atoms with Crippen LogP contribution >= 0.6 is 0 Å². The third-order valence-corrected chi connectivity index (χ3v) is 5.67. The van der Waals surface area contributed by atoms with Crippen molar-refractivity contribution in [2.75, 3.05) is 18.4 Å². The van der Waals surface area contributed by atoms with Gasteiger partial charge in [0.1, 0.15) is 5.69 Å². The van der Waals surface area contributed by atoms with Crippen LogP contribution in [-0.4, -0.2) is 59.9 Å². The summed E-state index contributed by atoms with van der Waals surface area (Å²) in [7, 11) is 0. The quantitative estimate of drug-likeness (QED) is 0.624. The number of aromatic nitrogens is 6. The topological polar surface area (TPSA) is 102 Å². The van der Waals surface area contributed by atoms with E-state index < -0.39 is 11.7 Å². The van der Waals surface area contributed by atoms with Gasteiger partial charge in [0, 0.05) is 31.2 Å². The third kappa shape index (κ3) is 4.94. The van der Waals surface area contributed by atoms with Crippen molar-refractivity contribution in [3.63, 3.8) is 0 Å². The summed E-state index contributed by atoms with van der Waals surface area (Å²) >= 11 is 0. The maximum absolute atomic E-state index is 13.6. The Balaban J connectivity index is 1.55. The minimum Gasteiger partial charge on any atom is -0.352 e. The standard InChI is InChI=1S/C21H23F3N8O/c1-13-4-3-9-31(17(13)12-27-20-25-10-15(11-26-20)21(22,23)24)19(33)18-16(6-5-14(2)30-18)32-28-7-8-29-32/h5-8,10-11,13,17H,3-4,9,12H2,1-2H3,(H,25,26,27)/t13-,17?/m1/s1. The van der Waals surface area contributed by atoms with Gasteiger partial charge in [-0.1, -0.05) is 6.92 Å². The first kappa shape index (κ1) is 22.6. The molecule has 174 valence electrons. The molecule has 0 radical (unpaired) electrons. The molecule has 2 atom stereocenters. The number of alkyl halides is 3. The molecule has 4 heterocycles. The Morgan fingerprint density at radius 3 is 2.55 bits per heavy atom. The van der Waals surface area contributed by atoms with E-state index in [1.165, 1.54) is 17.2 Å². The summed E-state index contributed by atoms with van der Waals surface area (Å²) in [4.78, 5) is 28.7. The summed E-state index contributed by atoms with van der Waals surface area (Å²) in [6.45, 7) is 4.67. The Labute approximate surface area is 188 Å². The lowest BCUT2D eigenvalue weighted by Crippen LogP contribution is -2.51. The maximum atomic E-state index is 13.6. The van der Waals surface area contributed by atoms with Crippen molar-refractivity contribution >= 4 is 11.9 Å². The largest absolute Gasteiger partial charge is 0.419 e. The molecule has 1 unspecified atom stereocenters. The highest BCUT2D eigenvalue weighted by atomic mass is 19.4. The molecule has 1 fully saturated rings. The van der Waals surface area contributed by atoms with Gasteiger partial charge >= 0.3 is 6.18 Å². The summed E-state index contributed by atoms with van der Waals surface area (Å²) in [5, 5.41) is 11.2. The highest BCUT2D eigenvalue weighted by Gasteiger charge is 2.35. The van der Waals surface area contributed by atoms with Gasteiger partial charge in [-0.05, 0) is 37.8 Å². The molecule has 12 heteroatoms. The van der Waals surface area contributed by atoms with Crippen LogP contribution in [-0.2, 0) is 6.18 Å². The van der Waals surface area contributed by atoms with Gasteiger partial charge in [0.25, 0.3) is 5.91 Å². The molecule has 1 amide bonds.